The molecule has 0 amide bonds. The topological polar surface area (TPSA) is 43.1 Å². The molecule has 0 saturated carbocycles. The minimum absolute atomic E-state index is 0.103. The highest BCUT2D eigenvalue weighted by Crippen LogP contribution is 2.32. The van der Waals surface area contributed by atoms with Gasteiger partial charge in [-0.3, -0.25) is 4.79 Å². The maximum atomic E-state index is 13.8. The fourth-order valence-electron chi connectivity index (χ4n) is 1.66. The number of halogens is 5. The van der Waals surface area contributed by atoms with E-state index in [2.05, 4.69) is 0 Å². The van der Waals surface area contributed by atoms with Crippen LogP contribution >= 0.6 is 34.8 Å². The van der Waals surface area contributed by atoms with Crippen LogP contribution in [0.4, 0.5) is 14.5 Å². The zero-order valence-corrected chi connectivity index (χ0v) is 12.0. The summed E-state index contributed by atoms with van der Waals surface area (Å²) < 4.78 is 27.5. The largest absolute Gasteiger partial charge is 0.396 e. The van der Waals surface area contributed by atoms with Crippen molar-refractivity contribution in [3.8, 4) is 0 Å². The Morgan fingerprint density at radius 1 is 1.00 bits per heavy atom. The van der Waals surface area contributed by atoms with Crippen LogP contribution in [-0.2, 0) is 0 Å². The number of carbonyl (C=O) groups is 1. The Bertz CT molecular complexity index is 696. The molecule has 0 atom stereocenters. The Kier molecular flexibility index (Phi) is 4.18. The standard InChI is InChI=1S/C13H6Cl3F2NO/c14-5-3-6(15)10(7(16)4-5)13(20)11-8(17)1-2-9(19)12(11)18/h1-4H,19H2. The summed E-state index contributed by atoms with van der Waals surface area (Å²) >= 11 is 17.4. The predicted molar refractivity (Wildman–Crippen MR) is 75.7 cm³/mol. The van der Waals surface area contributed by atoms with Crippen molar-refractivity contribution in [1.82, 2.24) is 0 Å². The van der Waals surface area contributed by atoms with E-state index < -0.39 is 23.0 Å². The Morgan fingerprint density at radius 3 is 2.10 bits per heavy atom. The molecule has 0 heterocycles. The molecular weight excluding hydrogens is 331 g/mol. The molecule has 20 heavy (non-hydrogen) atoms. The molecule has 0 bridgehead atoms. The number of benzene rings is 2. The van der Waals surface area contributed by atoms with Crippen LogP contribution in [0.2, 0.25) is 15.1 Å². The lowest BCUT2D eigenvalue weighted by Crippen LogP contribution is -2.10. The summed E-state index contributed by atoms with van der Waals surface area (Å²) in [6.07, 6.45) is 0. The molecule has 0 aliphatic rings. The summed E-state index contributed by atoms with van der Waals surface area (Å²) in [6, 6.07) is 4.42. The van der Waals surface area contributed by atoms with Gasteiger partial charge in [-0.1, -0.05) is 34.8 Å². The number of rotatable bonds is 2. The van der Waals surface area contributed by atoms with Gasteiger partial charge in [-0.05, 0) is 24.3 Å². The first-order chi connectivity index (χ1) is 9.32. The number of anilines is 1. The predicted octanol–water partition coefficient (Wildman–Crippen LogP) is 4.74. The maximum absolute atomic E-state index is 13.8. The highest BCUT2D eigenvalue weighted by atomic mass is 35.5. The van der Waals surface area contributed by atoms with Crippen LogP contribution in [0.25, 0.3) is 0 Å². The monoisotopic (exact) mass is 335 g/mol. The van der Waals surface area contributed by atoms with E-state index in [0.717, 1.165) is 12.1 Å². The van der Waals surface area contributed by atoms with Gasteiger partial charge in [-0.25, -0.2) is 8.78 Å². The molecule has 0 spiro atoms. The van der Waals surface area contributed by atoms with Crippen molar-refractivity contribution in [2.24, 2.45) is 0 Å². The van der Waals surface area contributed by atoms with Crippen LogP contribution in [0, 0.1) is 11.6 Å². The molecule has 0 aliphatic heterocycles. The van der Waals surface area contributed by atoms with Crippen molar-refractivity contribution >= 4 is 46.3 Å². The van der Waals surface area contributed by atoms with E-state index in [0.29, 0.717) is 0 Å². The normalized spacial score (nSPS) is 10.7. The summed E-state index contributed by atoms with van der Waals surface area (Å²) in [5.74, 6) is -3.21. The van der Waals surface area contributed by atoms with Crippen molar-refractivity contribution < 1.29 is 13.6 Å². The molecule has 2 nitrogen and oxygen atoms in total. The molecule has 0 saturated heterocycles. The molecule has 0 unspecified atom stereocenters. The lowest BCUT2D eigenvalue weighted by atomic mass is 10.0. The number of hydrogen-bond acceptors (Lipinski definition) is 2. The first-order valence-corrected chi connectivity index (χ1v) is 6.39. The van der Waals surface area contributed by atoms with Crippen molar-refractivity contribution in [1.29, 1.82) is 0 Å². The fraction of sp³-hybridized carbons (Fsp3) is 0. The molecule has 2 aromatic rings. The van der Waals surface area contributed by atoms with Crippen molar-refractivity contribution in [2.75, 3.05) is 5.73 Å². The van der Waals surface area contributed by atoms with Crippen LogP contribution in [0.3, 0.4) is 0 Å². The Hall–Kier alpha value is -1.36. The van der Waals surface area contributed by atoms with E-state index in [1.807, 2.05) is 0 Å². The van der Waals surface area contributed by atoms with E-state index in [1.54, 1.807) is 0 Å². The molecule has 2 rings (SSSR count). The average Bonchev–Trinajstić information content (AvgIpc) is 2.33. The van der Waals surface area contributed by atoms with Gasteiger partial charge in [-0.2, -0.15) is 0 Å². The minimum atomic E-state index is -1.16. The summed E-state index contributed by atoms with van der Waals surface area (Å²) in [7, 11) is 0. The molecule has 2 aromatic carbocycles. The molecule has 2 N–H and O–H groups in total. The summed E-state index contributed by atoms with van der Waals surface area (Å²) in [4.78, 5) is 12.2. The first-order valence-electron chi connectivity index (χ1n) is 5.25. The Balaban J connectivity index is 2.67. The van der Waals surface area contributed by atoms with E-state index >= 15 is 0 Å². The highest BCUT2D eigenvalue weighted by molar-refractivity contribution is 6.43. The van der Waals surface area contributed by atoms with Crippen molar-refractivity contribution in [2.45, 2.75) is 0 Å². The van der Waals surface area contributed by atoms with Gasteiger partial charge in [0.2, 0.25) is 5.78 Å². The third-order valence-electron chi connectivity index (χ3n) is 2.58. The van der Waals surface area contributed by atoms with Crippen LogP contribution < -0.4 is 5.73 Å². The zero-order chi connectivity index (χ0) is 15.0. The van der Waals surface area contributed by atoms with Gasteiger partial charge >= 0.3 is 0 Å². The summed E-state index contributed by atoms with van der Waals surface area (Å²) in [5.41, 5.74) is 3.93. The second-order valence-corrected chi connectivity index (χ2v) is 5.15. The molecule has 0 fully saturated rings. The van der Waals surface area contributed by atoms with Gasteiger partial charge < -0.3 is 5.73 Å². The molecule has 0 aliphatic carbocycles. The molecular formula is C13H6Cl3F2NO. The second-order valence-electron chi connectivity index (χ2n) is 3.90. The van der Waals surface area contributed by atoms with Crippen LogP contribution in [0.5, 0.6) is 0 Å². The average molecular weight is 337 g/mol. The number of nitrogens with two attached hydrogens (primary N) is 1. The maximum Gasteiger partial charge on any atom is 0.202 e. The van der Waals surface area contributed by atoms with Gasteiger partial charge in [0.15, 0.2) is 5.82 Å². The lowest BCUT2D eigenvalue weighted by molar-refractivity contribution is 0.103. The Morgan fingerprint density at radius 2 is 1.55 bits per heavy atom. The number of hydrogen-bond donors (Lipinski definition) is 1. The first kappa shape index (κ1) is 15.0. The van der Waals surface area contributed by atoms with Crippen molar-refractivity contribution in [3.05, 3.63) is 62.1 Å². The zero-order valence-electron chi connectivity index (χ0n) is 9.68. The van der Waals surface area contributed by atoms with Crippen LogP contribution in [0.1, 0.15) is 15.9 Å². The molecule has 104 valence electrons. The highest BCUT2D eigenvalue weighted by Gasteiger charge is 2.25. The van der Waals surface area contributed by atoms with Crippen molar-refractivity contribution in [3.63, 3.8) is 0 Å². The minimum Gasteiger partial charge on any atom is -0.396 e. The van der Waals surface area contributed by atoms with Gasteiger partial charge in [-0.15, -0.1) is 0 Å². The quantitative estimate of drug-likeness (QED) is 0.636. The van der Waals surface area contributed by atoms with E-state index in [1.165, 1.54) is 12.1 Å². The SMILES string of the molecule is Nc1ccc(F)c(C(=O)c2c(Cl)cc(Cl)cc2Cl)c1F. The van der Waals surface area contributed by atoms with E-state index in [-0.39, 0.29) is 26.3 Å². The smallest absolute Gasteiger partial charge is 0.202 e. The fourth-order valence-corrected chi connectivity index (χ4v) is 2.65. The second kappa shape index (κ2) is 5.56. The third-order valence-corrected chi connectivity index (χ3v) is 3.40. The van der Waals surface area contributed by atoms with Crippen LogP contribution in [0.15, 0.2) is 24.3 Å². The van der Waals surface area contributed by atoms with Crippen LogP contribution in [-0.4, -0.2) is 5.78 Å². The van der Waals surface area contributed by atoms with E-state index in [9.17, 15) is 13.6 Å². The summed E-state index contributed by atoms with van der Waals surface area (Å²) in [5, 5.41) is -0.00693. The third kappa shape index (κ3) is 2.59. The van der Waals surface area contributed by atoms with Gasteiger partial charge in [0.1, 0.15) is 5.82 Å². The summed E-state index contributed by atoms with van der Waals surface area (Å²) in [6.45, 7) is 0. The lowest BCUT2D eigenvalue weighted by Gasteiger charge is -2.09. The number of ketones is 1. The number of carbonyl (C=O) groups excluding carboxylic acids is 1. The van der Waals surface area contributed by atoms with Gasteiger partial charge in [0.05, 0.1) is 26.9 Å². The molecule has 0 aromatic heterocycles. The van der Waals surface area contributed by atoms with Gasteiger partial charge in [0.25, 0.3) is 0 Å². The Labute approximate surface area is 128 Å². The molecule has 7 heteroatoms. The molecule has 0 radical (unpaired) electrons. The van der Waals surface area contributed by atoms with E-state index in [4.69, 9.17) is 40.5 Å². The number of nitrogen functional groups attached to an aromatic ring is 1. The van der Waals surface area contributed by atoms with Gasteiger partial charge in [0, 0.05) is 5.02 Å².